The minimum atomic E-state index is 0.0883. The fraction of sp³-hybridized carbons (Fsp3) is 0.0588. The van der Waals surface area contributed by atoms with Crippen molar-refractivity contribution >= 4 is 33.4 Å². The van der Waals surface area contributed by atoms with Gasteiger partial charge < -0.3 is 0 Å². The number of fused-ring (bicyclic) bond motifs is 2. The number of rotatable bonds is 4. The van der Waals surface area contributed by atoms with Crippen LogP contribution in [-0.2, 0) is 0 Å². The van der Waals surface area contributed by atoms with Gasteiger partial charge in [-0.25, -0.2) is 0 Å². The number of hydrogen-bond acceptors (Lipinski definition) is 2. The van der Waals surface area contributed by atoms with Gasteiger partial charge in [-0.1, -0.05) is 42.5 Å². The molecule has 6 rings (SSSR count). The van der Waals surface area contributed by atoms with Crippen LogP contribution < -0.4 is 9.13 Å². The summed E-state index contributed by atoms with van der Waals surface area (Å²) in [6, 6.07) is 40.0. The SMILES string of the molecule is CC(=O)c1ccc2c(ccc[n+]2-c2ccccc2)c1.CC(=O)c1ccc2ccc[n+](-c3ccccc3)c2c1. The maximum atomic E-state index is 11.5. The van der Waals surface area contributed by atoms with E-state index in [9.17, 15) is 9.59 Å². The maximum absolute atomic E-state index is 11.5. The summed E-state index contributed by atoms with van der Waals surface area (Å²) in [6.45, 7) is 3.19. The molecule has 4 aromatic carbocycles. The molecule has 0 unspecified atom stereocenters. The van der Waals surface area contributed by atoms with Gasteiger partial charge in [0, 0.05) is 70.4 Å². The van der Waals surface area contributed by atoms with E-state index in [0.29, 0.717) is 0 Å². The first-order chi connectivity index (χ1) is 18.5. The molecular formula is C34H28N2O2+2. The highest BCUT2D eigenvalue weighted by Gasteiger charge is 2.14. The average Bonchev–Trinajstić information content (AvgIpc) is 2.97. The molecule has 0 aliphatic heterocycles. The molecule has 2 heterocycles. The number of aromatic nitrogens is 2. The molecule has 6 aromatic rings. The summed E-state index contributed by atoms with van der Waals surface area (Å²) in [5, 5.41) is 2.19. The Kier molecular flexibility index (Phi) is 7.14. The largest absolute Gasteiger partial charge is 0.295 e. The fourth-order valence-electron chi connectivity index (χ4n) is 4.49. The van der Waals surface area contributed by atoms with Crippen molar-refractivity contribution in [3.05, 3.63) is 145 Å². The zero-order valence-corrected chi connectivity index (χ0v) is 21.4. The lowest BCUT2D eigenvalue weighted by molar-refractivity contribution is -0.567. The Bertz CT molecular complexity index is 1760. The summed E-state index contributed by atoms with van der Waals surface area (Å²) in [4.78, 5) is 23.0. The van der Waals surface area contributed by atoms with Crippen LogP contribution in [0.4, 0.5) is 0 Å². The third kappa shape index (κ3) is 5.25. The number of para-hydroxylation sites is 2. The van der Waals surface area contributed by atoms with Gasteiger partial charge in [0.2, 0.25) is 22.4 Å². The number of nitrogens with zero attached hydrogens (tertiary/aromatic N) is 2. The second kappa shape index (κ2) is 11.0. The summed E-state index contributed by atoms with van der Waals surface area (Å²) < 4.78 is 4.22. The van der Waals surface area contributed by atoms with Crippen molar-refractivity contribution in [2.75, 3.05) is 0 Å². The lowest BCUT2D eigenvalue weighted by Crippen LogP contribution is -2.30. The molecular weight excluding hydrogens is 468 g/mol. The summed E-state index contributed by atoms with van der Waals surface area (Å²) in [5.74, 6) is 0.183. The lowest BCUT2D eigenvalue weighted by atomic mass is 10.1. The zero-order valence-electron chi connectivity index (χ0n) is 21.4. The van der Waals surface area contributed by atoms with Gasteiger partial charge in [-0.2, -0.15) is 9.13 Å². The average molecular weight is 497 g/mol. The minimum Gasteiger partial charge on any atom is -0.295 e. The van der Waals surface area contributed by atoms with Gasteiger partial charge in [0.1, 0.15) is 0 Å². The van der Waals surface area contributed by atoms with E-state index in [-0.39, 0.29) is 11.6 Å². The van der Waals surface area contributed by atoms with Crippen LogP contribution in [0.15, 0.2) is 134 Å². The lowest BCUT2D eigenvalue weighted by Gasteiger charge is -2.02. The molecule has 0 amide bonds. The number of pyridine rings is 2. The highest BCUT2D eigenvalue weighted by atomic mass is 16.1. The quantitative estimate of drug-likeness (QED) is 0.203. The summed E-state index contributed by atoms with van der Waals surface area (Å²) in [6.07, 6.45) is 4.05. The van der Waals surface area contributed by atoms with Crippen molar-refractivity contribution in [1.82, 2.24) is 0 Å². The van der Waals surface area contributed by atoms with Gasteiger partial charge in [-0.3, -0.25) is 9.59 Å². The Hall–Kier alpha value is -4.96. The van der Waals surface area contributed by atoms with E-state index >= 15 is 0 Å². The first kappa shape index (κ1) is 24.7. The molecule has 0 bridgehead atoms. The van der Waals surface area contributed by atoms with E-state index in [4.69, 9.17) is 0 Å². The highest BCUT2D eigenvalue weighted by Crippen LogP contribution is 2.16. The van der Waals surface area contributed by atoms with Crippen molar-refractivity contribution < 1.29 is 18.7 Å². The summed E-state index contributed by atoms with van der Waals surface area (Å²) >= 11 is 0. The highest BCUT2D eigenvalue weighted by molar-refractivity contribution is 5.98. The number of benzene rings is 4. The van der Waals surface area contributed by atoms with Gasteiger partial charge >= 0.3 is 0 Å². The number of carbonyl (C=O) groups is 2. The van der Waals surface area contributed by atoms with Crippen LogP contribution >= 0.6 is 0 Å². The van der Waals surface area contributed by atoms with Gasteiger partial charge in [-0.05, 0) is 44.2 Å². The molecule has 4 nitrogen and oxygen atoms in total. The molecule has 0 aliphatic rings. The molecule has 184 valence electrons. The van der Waals surface area contributed by atoms with Crippen LogP contribution in [0, 0.1) is 0 Å². The molecule has 4 heteroatoms. The Morgan fingerprint density at radius 3 is 1.55 bits per heavy atom. The Morgan fingerprint density at radius 2 is 0.974 bits per heavy atom. The van der Waals surface area contributed by atoms with Crippen LogP contribution in [0.2, 0.25) is 0 Å². The van der Waals surface area contributed by atoms with Gasteiger partial charge in [0.15, 0.2) is 24.0 Å². The molecule has 0 aliphatic carbocycles. The number of hydrogen-bond donors (Lipinski definition) is 0. The van der Waals surface area contributed by atoms with E-state index in [1.54, 1.807) is 13.8 Å². The second-order valence-corrected chi connectivity index (χ2v) is 9.09. The molecule has 0 saturated carbocycles. The predicted octanol–water partition coefficient (Wildman–Crippen LogP) is 6.64. The molecule has 0 spiro atoms. The van der Waals surface area contributed by atoms with E-state index in [1.807, 2.05) is 103 Å². The standard InChI is InChI=1S/2C17H14NO/c1-13(19)14-9-10-17-15(12-14)6-5-11-18(17)16-7-3-2-4-8-16;1-13(19)15-10-9-14-6-5-11-18(17(14)12-15)16-7-3-2-4-8-16/h2*2-12H,1H3/q2*+1. The molecule has 0 N–H and O–H groups in total. The van der Waals surface area contributed by atoms with E-state index in [2.05, 4.69) is 39.5 Å². The van der Waals surface area contributed by atoms with Crippen LogP contribution in [0.1, 0.15) is 34.6 Å². The Labute approximate surface area is 222 Å². The Balaban J connectivity index is 0.000000155. The van der Waals surface area contributed by atoms with Crippen molar-refractivity contribution in [2.45, 2.75) is 13.8 Å². The van der Waals surface area contributed by atoms with Crippen molar-refractivity contribution in [3.8, 4) is 11.4 Å². The molecule has 0 fully saturated rings. The van der Waals surface area contributed by atoms with Crippen LogP contribution in [-0.4, -0.2) is 11.6 Å². The first-order valence-corrected chi connectivity index (χ1v) is 12.5. The monoisotopic (exact) mass is 496 g/mol. The van der Waals surface area contributed by atoms with Crippen LogP contribution in [0.3, 0.4) is 0 Å². The molecule has 2 aromatic heterocycles. The van der Waals surface area contributed by atoms with Crippen LogP contribution in [0.25, 0.3) is 33.2 Å². The van der Waals surface area contributed by atoms with Gasteiger partial charge in [0.25, 0.3) is 0 Å². The van der Waals surface area contributed by atoms with Crippen molar-refractivity contribution in [3.63, 3.8) is 0 Å². The zero-order chi connectivity index (χ0) is 26.5. The summed E-state index contributed by atoms with van der Waals surface area (Å²) in [5.41, 5.74) is 5.83. The molecule has 38 heavy (non-hydrogen) atoms. The minimum absolute atomic E-state index is 0.0883. The van der Waals surface area contributed by atoms with Gasteiger partial charge in [0.05, 0.1) is 0 Å². The van der Waals surface area contributed by atoms with E-state index in [0.717, 1.165) is 44.3 Å². The molecule has 0 saturated heterocycles. The predicted molar refractivity (Wildman–Crippen MR) is 151 cm³/mol. The summed E-state index contributed by atoms with van der Waals surface area (Å²) in [7, 11) is 0. The third-order valence-electron chi connectivity index (χ3n) is 6.48. The number of Topliss-reactive ketones (excluding diaryl/α,β-unsaturated/α-hetero) is 2. The first-order valence-electron chi connectivity index (χ1n) is 12.5. The topological polar surface area (TPSA) is 41.9 Å². The number of carbonyl (C=O) groups excluding carboxylic acids is 2. The van der Waals surface area contributed by atoms with Gasteiger partial charge in [-0.15, -0.1) is 0 Å². The molecule has 0 radical (unpaired) electrons. The fourth-order valence-corrected chi connectivity index (χ4v) is 4.49. The van der Waals surface area contributed by atoms with Crippen molar-refractivity contribution in [2.24, 2.45) is 0 Å². The van der Waals surface area contributed by atoms with E-state index < -0.39 is 0 Å². The van der Waals surface area contributed by atoms with Crippen LogP contribution in [0.5, 0.6) is 0 Å². The smallest absolute Gasteiger partial charge is 0.219 e. The van der Waals surface area contributed by atoms with E-state index in [1.165, 1.54) is 0 Å². The third-order valence-corrected chi connectivity index (χ3v) is 6.48. The van der Waals surface area contributed by atoms with Crippen molar-refractivity contribution in [1.29, 1.82) is 0 Å². The second-order valence-electron chi connectivity index (χ2n) is 9.09. The Morgan fingerprint density at radius 1 is 0.474 bits per heavy atom. The maximum Gasteiger partial charge on any atom is 0.219 e. The number of ketones is 2. The molecule has 0 atom stereocenters. The normalized spacial score (nSPS) is 10.6.